The molecule has 1 rings (SSSR count). The number of nitrogens with two attached hydrogens (primary N) is 1. The Morgan fingerprint density at radius 3 is 2.65 bits per heavy atom. The molecule has 0 aliphatic rings. The van der Waals surface area contributed by atoms with Crippen molar-refractivity contribution in [2.45, 2.75) is 27.2 Å². The highest BCUT2D eigenvalue weighted by Gasteiger charge is 2.27. The molecule has 1 aromatic carbocycles. The van der Waals surface area contributed by atoms with Crippen molar-refractivity contribution < 1.29 is 14.7 Å². The molecule has 0 spiro atoms. The van der Waals surface area contributed by atoms with E-state index < -0.39 is 5.41 Å². The lowest BCUT2D eigenvalue weighted by atomic mass is 9.89. The van der Waals surface area contributed by atoms with Crippen molar-refractivity contribution in [3.8, 4) is 5.75 Å². The standard InChI is InChI=1S/C14H21N3O3/c1-5-14(2,3)13(18)16-11-9(12(15)17-19)7-6-8-10(11)20-4/h6-8,19H,5H2,1-4H3,(H2,15,17)(H,16,18). The zero-order chi connectivity index (χ0) is 15.3. The monoisotopic (exact) mass is 279 g/mol. The Morgan fingerprint density at radius 1 is 1.50 bits per heavy atom. The fourth-order valence-corrected chi connectivity index (χ4v) is 1.54. The molecule has 0 fully saturated rings. The number of para-hydroxylation sites is 1. The minimum absolute atomic E-state index is 0.0893. The molecular formula is C14H21N3O3. The number of rotatable bonds is 5. The zero-order valence-corrected chi connectivity index (χ0v) is 12.2. The number of oxime groups is 1. The van der Waals surface area contributed by atoms with Gasteiger partial charge in [0.05, 0.1) is 12.8 Å². The normalized spacial score (nSPS) is 12.1. The van der Waals surface area contributed by atoms with Crippen LogP contribution in [0.3, 0.4) is 0 Å². The van der Waals surface area contributed by atoms with Crippen LogP contribution in [-0.4, -0.2) is 24.1 Å². The Balaban J connectivity index is 3.25. The lowest BCUT2D eigenvalue weighted by Gasteiger charge is -2.23. The van der Waals surface area contributed by atoms with E-state index in [0.717, 1.165) is 0 Å². The van der Waals surface area contributed by atoms with Gasteiger partial charge in [-0.3, -0.25) is 4.79 Å². The molecule has 1 amide bonds. The first-order valence-corrected chi connectivity index (χ1v) is 6.33. The second kappa shape index (κ2) is 6.27. The molecule has 0 aromatic heterocycles. The smallest absolute Gasteiger partial charge is 0.230 e. The van der Waals surface area contributed by atoms with Crippen LogP contribution in [0.1, 0.15) is 32.8 Å². The van der Waals surface area contributed by atoms with E-state index in [0.29, 0.717) is 23.4 Å². The Morgan fingerprint density at radius 2 is 2.15 bits per heavy atom. The molecule has 0 radical (unpaired) electrons. The summed E-state index contributed by atoms with van der Waals surface area (Å²) in [4.78, 5) is 12.3. The van der Waals surface area contributed by atoms with Gasteiger partial charge in [-0.15, -0.1) is 0 Å². The number of anilines is 1. The summed E-state index contributed by atoms with van der Waals surface area (Å²) in [5.41, 5.74) is 5.91. The molecule has 0 aliphatic carbocycles. The number of carbonyl (C=O) groups excluding carboxylic acids is 1. The van der Waals surface area contributed by atoms with E-state index in [-0.39, 0.29) is 11.7 Å². The van der Waals surface area contributed by atoms with Crippen molar-refractivity contribution in [1.29, 1.82) is 0 Å². The summed E-state index contributed by atoms with van der Waals surface area (Å²) in [5, 5.41) is 14.6. The van der Waals surface area contributed by atoms with Crippen LogP contribution in [0.15, 0.2) is 23.4 Å². The molecular weight excluding hydrogens is 258 g/mol. The maximum atomic E-state index is 12.3. The first-order valence-electron chi connectivity index (χ1n) is 6.33. The number of amides is 1. The van der Waals surface area contributed by atoms with Gasteiger partial charge in [-0.1, -0.05) is 32.0 Å². The van der Waals surface area contributed by atoms with Gasteiger partial charge in [-0.05, 0) is 18.6 Å². The summed E-state index contributed by atoms with van der Waals surface area (Å²) >= 11 is 0. The number of hydrogen-bond acceptors (Lipinski definition) is 4. The number of nitrogens with zero attached hydrogens (tertiary/aromatic N) is 1. The molecule has 0 saturated heterocycles. The van der Waals surface area contributed by atoms with Crippen LogP contribution < -0.4 is 15.8 Å². The zero-order valence-electron chi connectivity index (χ0n) is 12.2. The summed E-state index contributed by atoms with van der Waals surface area (Å²) in [6.07, 6.45) is 0.687. The Kier molecular flexibility index (Phi) is 4.96. The van der Waals surface area contributed by atoms with Gasteiger partial charge in [0, 0.05) is 11.0 Å². The van der Waals surface area contributed by atoms with Gasteiger partial charge in [0.2, 0.25) is 5.91 Å². The average Bonchev–Trinajstić information content (AvgIpc) is 2.46. The molecule has 20 heavy (non-hydrogen) atoms. The molecule has 0 atom stereocenters. The van der Waals surface area contributed by atoms with Gasteiger partial charge in [0.1, 0.15) is 5.75 Å². The third kappa shape index (κ3) is 3.20. The molecule has 4 N–H and O–H groups in total. The van der Waals surface area contributed by atoms with E-state index in [1.165, 1.54) is 7.11 Å². The number of hydrogen-bond donors (Lipinski definition) is 3. The van der Waals surface area contributed by atoms with Crippen LogP contribution in [0.5, 0.6) is 5.75 Å². The Hall–Kier alpha value is -2.24. The molecule has 0 bridgehead atoms. The molecule has 1 aromatic rings. The number of benzene rings is 1. The van der Waals surface area contributed by atoms with Crippen LogP contribution in [0.4, 0.5) is 5.69 Å². The van der Waals surface area contributed by atoms with Crippen molar-refractivity contribution in [2.75, 3.05) is 12.4 Å². The topological polar surface area (TPSA) is 96.9 Å². The lowest BCUT2D eigenvalue weighted by molar-refractivity contribution is -0.124. The minimum atomic E-state index is -0.525. The first kappa shape index (κ1) is 15.8. The Bertz CT molecular complexity index is 524. The summed E-state index contributed by atoms with van der Waals surface area (Å²) in [5.74, 6) is 0.208. The van der Waals surface area contributed by atoms with Gasteiger partial charge in [-0.2, -0.15) is 0 Å². The molecule has 0 aliphatic heterocycles. The summed E-state index contributed by atoms with van der Waals surface area (Å²) < 4.78 is 5.22. The average molecular weight is 279 g/mol. The van der Waals surface area contributed by atoms with Crippen LogP contribution in [0.25, 0.3) is 0 Å². The largest absolute Gasteiger partial charge is 0.495 e. The van der Waals surface area contributed by atoms with Gasteiger partial charge in [0.15, 0.2) is 5.84 Å². The maximum absolute atomic E-state index is 12.3. The van der Waals surface area contributed by atoms with Crippen molar-refractivity contribution in [3.05, 3.63) is 23.8 Å². The fourth-order valence-electron chi connectivity index (χ4n) is 1.54. The highest BCUT2D eigenvalue weighted by atomic mass is 16.5. The van der Waals surface area contributed by atoms with Crippen molar-refractivity contribution in [1.82, 2.24) is 0 Å². The van der Waals surface area contributed by atoms with Crippen molar-refractivity contribution in [3.63, 3.8) is 0 Å². The maximum Gasteiger partial charge on any atom is 0.230 e. The second-order valence-electron chi connectivity index (χ2n) is 5.06. The molecule has 110 valence electrons. The third-order valence-corrected chi connectivity index (χ3v) is 3.37. The van der Waals surface area contributed by atoms with Gasteiger partial charge >= 0.3 is 0 Å². The quantitative estimate of drug-likeness (QED) is 0.333. The van der Waals surface area contributed by atoms with Gasteiger partial charge < -0.3 is 21.0 Å². The van der Waals surface area contributed by atoms with Crippen LogP contribution in [0.2, 0.25) is 0 Å². The highest BCUT2D eigenvalue weighted by molar-refractivity contribution is 6.07. The summed E-state index contributed by atoms with van der Waals surface area (Å²) in [7, 11) is 1.49. The molecule has 6 nitrogen and oxygen atoms in total. The third-order valence-electron chi connectivity index (χ3n) is 3.37. The van der Waals surface area contributed by atoms with E-state index >= 15 is 0 Å². The number of nitrogens with one attached hydrogen (secondary N) is 1. The number of methoxy groups -OCH3 is 1. The predicted octanol–water partition coefficient (Wildman–Crippen LogP) is 2.16. The summed E-state index contributed by atoms with van der Waals surface area (Å²) in [6, 6.07) is 5.04. The summed E-state index contributed by atoms with van der Waals surface area (Å²) in [6.45, 7) is 5.63. The molecule has 6 heteroatoms. The van der Waals surface area contributed by atoms with Crippen molar-refractivity contribution in [2.24, 2.45) is 16.3 Å². The number of amidine groups is 1. The van der Waals surface area contributed by atoms with Gasteiger partial charge in [-0.25, -0.2) is 0 Å². The number of ether oxygens (including phenoxy) is 1. The van der Waals surface area contributed by atoms with E-state index in [2.05, 4.69) is 10.5 Å². The first-order chi connectivity index (χ1) is 9.37. The highest BCUT2D eigenvalue weighted by Crippen LogP contribution is 2.31. The molecule has 0 saturated carbocycles. The fraction of sp³-hybridized carbons (Fsp3) is 0.429. The molecule has 0 unspecified atom stereocenters. The minimum Gasteiger partial charge on any atom is -0.495 e. The van der Waals surface area contributed by atoms with Crippen molar-refractivity contribution >= 4 is 17.4 Å². The van der Waals surface area contributed by atoms with E-state index in [1.54, 1.807) is 18.2 Å². The van der Waals surface area contributed by atoms with E-state index in [9.17, 15) is 4.79 Å². The van der Waals surface area contributed by atoms with E-state index in [4.69, 9.17) is 15.7 Å². The Labute approximate surface area is 118 Å². The van der Waals surface area contributed by atoms with Crippen LogP contribution >= 0.6 is 0 Å². The predicted molar refractivity (Wildman–Crippen MR) is 78.2 cm³/mol. The second-order valence-corrected chi connectivity index (χ2v) is 5.06. The van der Waals surface area contributed by atoms with Crippen LogP contribution in [0, 0.1) is 5.41 Å². The van der Waals surface area contributed by atoms with Gasteiger partial charge in [0.25, 0.3) is 0 Å². The molecule has 0 heterocycles. The SMILES string of the molecule is CCC(C)(C)C(=O)Nc1c(OC)cccc1/C(N)=N/O. The van der Waals surface area contributed by atoms with Crippen LogP contribution in [-0.2, 0) is 4.79 Å². The lowest BCUT2D eigenvalue weighted by Crippen LogP contribution is -2.31. The van der Waals surface area contributed by atoms with E-state index in [1.807, 2.05) is 20.8 Å². The number of carbonyl (C=O) groups is 1.